The summed E-state index contributed by atoms with van der Waals surface area (Å²) in [4.78, 5) is 10.5. The number of ether oxygens (including phenoxy) is 1. The minimum Gasteiger partial charge on any atom is -0.373 e. The van der Waals surface area contributed by atoms with E-state index < -0.39 is 10.8 Å². The Morgan fingerprint density at radius 2 is 1.87 bits per heavy atom. The molecule has 2 saturated heterocycles. The van der Waals surface area contributed by atoms with E-state index in [2.05, 4.69) is 52.4 Å². The molecule has 0 aromatic heterocycles. The van der Waals surface area contributed by atoms with Crippen LogP contribution in [-0.2, 0) is 22.1 Å². The number of hydrogen-bond acceptors (Lipinski definition) is 4. The minimum absolute atomic E-state index is 0.194. The second-order valence-corrected chi connectivity index (χ2v) is 9.51. The van der Waals surface area contributed by atoms with Crippen molar-refractivity contribution in [2.75, 3.05) is 45.1 Å². The molecule has 2 heterocycles. The van der Waals surface area contributed by atoms with Crippen molar-refractivity contribution in [2.45, 2.75) is 30.5 Å². The molecule has 0 spiro atoms. The van der Waals surface area contributed by atoms with Gasteiger partial charge in [-0.25, -0.2) is 0 Å². The van der Waals surface area contributed by atoms with Crippen LogP contribution >= 0.6 is 0 Å². The molecule has 6 nitrogen and oxygen atoms in total. The molecule has 166 valence electrons. The van der Waals surface area contributed by atoms with Crippen molar-refractivity contribution in [1.82, 2.24) is 15.1 Å². The molecule has 0 radical (unpaired) electrons. The standard InChI is InChI=1S/C24H32N4O2S/c1-2-25-24(26-13-16-31(29)21-11-7-4-8-12-21)28-18-22-23(19-28)30-15-14-27(22)17-20-9-5-3-6-10-20/h3-12,22-23H,2,13-19H2,1H3,(H,25,26). The number of guanidine groups is 1. The number of morpholine rings is 1. The molecule has 2 aliphatic heterocycles. The summed E-state index contributed by atoms with van der Waals surface area (Å²) in [5.41, 5.74) is 1.34. The zero-order valence-corrected chi connectivity index (χ0v) is 19.0. The second-order valence-electron chi connectivity index (χ2n) is 7.94. The summed E-state index contributed by atoms with van der Waals surface area (Å²) in [7, 11) is -1.03. The van der Waals surface area contributed by atoms with Gasteiger partial charge in [0.05, 0.1) is 36.1 Å². The summed E-state index contributed by atoms with van der Waals surface area (Å²) < 4.78 is 18.6. The summed E-state index contributed by atoms with van der Waals surface area (Å²) in [6.45, 7) is 7.82. The maximum Gasteiger partial charge on any atom is 0.194 e. The molecule has 1 N–H and O–H groups in total. The first kappa shape index (κ1) is 22.0. The van der Waals surface area contributed by atoms with Crippen LogP contribution in [0, 0.1) is 0 Å². The molecule has 2 fully saturated rings. The van der Waals surface area contributed by atoms with E-state index in [0.29, 0.717) is 18.3 Å². The number of aliphatic imine (C=N–C) groups is 1. The molecule has 0 amide bonds. The number of nitrogens with one attached hydrogen (secondary N) is 1. The zero-order valence-electron chi connectivity index (χ0n) is 18.2. The fourth-order valence-corrected chi connectivity index (χ4v) is 5.25. The molecule has 31 heavy (non-hydrogen) atoms. The average Bonchev–Trinajstić information content (AvgIpc) is 3.25. The molecular weight excluding hydrogens is 408 g/mol. The Kier molecular flexibility index (Phi) is 7.72. The topological polar surface area (TPSA) is 57.2 Å². The van der Waals surface area contributed by atoms with E-state index >= 15 is 0 Å². The third kappa shape index (κ3) is 5.73. The van der Waals surface area contributed by atoms with E-state index in [4.69, 9.17) is 9.73 Å². The van der Waals surface area contributed by atoms with Gasteiger partial charge in [0.2, 0.25) is 0 Å². The van der Waals surface area contributed by atoms with Crippen LogP contribution in [0.1, 0.15) is 12.5 Å². The molecule has 7 heteroatoms. The van der Waals surface area contributed by atoms with Crippen LogP contribution in [-0.4, -0.2) is 77.2 Å². The van der Waals surface area contributed by atoms with E-state index in [1.54, 1.807) is 0 Å². The molecular formula is C24H32N4O2S. The van der Waals surface area contributed by atoms with E-state index in [9.17, 15) is 4.21 Å². The molecule has 2 aromatic rings. The Morgan fingerprint density at radius 1 is 1.13 bits per heavy atom. The van der Waals surface area contributed by atoms with Crippen molar-refractivity contribution in [3.63, 3.8) is 0 Å². The number of benzene rings is 2. The van der Waals surface area contributed by atoms with Gasteiger partial charge in [-0.2, -0.15) is 0 Å². The maximum absolute atomic E-state index is 12.5. The highest BCUT2D eigenvalue weighted by atomic mass is 32.2. The van der Waals surface area contributed by atoms with Crippen molar-refractivity contribution in [3.05, 3.63) is 66.2 Å². The summed E-state index contributed by atoms with van der Waals surface area (Å²) in [5.74, 6) is 1.42. The van der Waals surface area contributed by atoms with Gasteiger partial charge < -0.3 is 15.0 Å². The highest BCUT2D eigenvalue weighted by Gasteiger charge is 2.41. The average molecular weight is 441 g/mol. The Labute approximate surface area is 187 Å². The smallest absolute Gasteiger partial charge is 0.194 e. The summed E-state index contributed by atoms with van der Waals surface area (Å²) in [6.07, 6.45) is 0.194. The molecule has 4 rings (SSSR count). The highest BCUT2D eigenvalue weighted by Crippen LogP contribution is 2.24. The van der Waals surface area contributed by atoms with Crippen LogP contribution in [0.5, 0.6) is 0 Å². The predicted octanol–water partition coefficient (Wildman–Crippen LogP) is 2.34. The largest absolute Gasteiger partial charge is 0.373 e. The third-order valence-corrected chi connectivity index (χ3v) is 7.17. The van der Waals surface area contributed by atoms with E-state index in [1.807, 2.05) is 30.3 Å². The van der Waals surface area contributed by atoms with Crippen LogP contribution in [0.3, 0.4) is 0 Å². The van der Waals surface area contributed by atoms with Gasteiger partial charge in [-0.05, 0) is 24.6 Å². The molecule has 2 aliphatic rings. The van der Waals surface area contributed by atoms with Crippen LogP contribution in [0.15, 0.2) is 70.6 Å². The van der Waals surface area contributed by atoms with Gasteiger partial charge in [-0.15, -0.1) is 0 Å². The predicted molar refractivity (Wildman–Crippen MR) is 126 cm³/mol. The fraction of sp³-hybridized carbons (Fsp3) is 0.458. The zero-order chi connectivity index (χ0) is 21.5. The second kappa shape index (κ2) is 10.9. The van der Waals surface area contributed by atoms with Crippen LogP contribution in [0.25, 0.3) is 0 Å². The first-order valence-electron chi connectivity index (χ1n) is 11.1. The number of rotatable bonds is 7. The Hall–Kier alpha value is -2.22. The Bertz CT molecular complexity index is 878. The van der Waals surface area contributed by atoms with Crippen LogP contribution in [0.2, 0.25) is 0 Å². The molecule has 0 aliphatic carbocycles. The lowest BCUT2D eigenvalue weighted by Gasteiger charge is -2.36. The monoisotopic (exact) mass is 440 g/mol. The van der Waals surface area contributed by atoms with Gasteiger partial charge in [0.1, 0.15) is 0 Å². The number of hydrogen-bond donors (Lipinski definition) is 1. The Morgan fingerprint density at radius 3 is 2.61 bits per heavy atom. The number of nitrogens with zero attached hydrogens (tertiary/aromatic N) is 3. The van der Waals surface area contributed by atoms with Crippen molar-refractivity contribution in [2.24, 2.45) is 4.99 Å². The summed E-state index contributed by atoms with van der Waals surface area (Å²) in [6, 6.07) is 20.6. The van der Waals surface area contributed by atoms with Gasteiger partial charge in [-0.1, -0.05) is 48.5 Å². The Balaban J connectivity index is 1.38. The normalized spacial score (nSPS) is 22.9. The van der Waals surface area contributed by atoms with E-state index in [1.165, 1.54) is 5.56 Å². The van der Waals surface area contributed by atoms with Crippen molar-refractivity contribution in [1.29, 1.82) is 0 Å². The van der Waals surface area contributed by atoms with Gasteiger partial charge >= 0.3 is 0 Å². The number of likely N-dealkylation sites (tertiary alicyclic amines) is 1. The maximum atomic E-state index is 12.5. The lowest BCUT2D eigenvalue weighted by molar-refractivity contribution is -0.0502. The summed E-state index contributed by atoms with van der Waals surface area (Å²) in [5, 5.41) is 3.42. The van der Waals surface area contributed by atoms with Gasteiger partial charge in [0.15, 0.2) is 5.96 Å². The van der Waals surface area contributed by atoms with Gasteiger partial charge in [-0.3, -0.25) is 14.1 Å². The van der Waals surface area contributed by atoms with Crippen molar-refractivity contribution in [3.8, 4) is 0 Å². The van der Waals surface area contributed by atoms with Gasteiger partial charge in [0.25, 0.3) is 0 Å². The minimum atomic E-state index is -1.03. The first-order chi connectivity index (χ1) is 15.2. The van der Waals surface area contributed by atoms with Crippen molar-refractivity contribution >= 4 is 16.8 Å². The SMILES string of the molecule is CCNC(=NCCS(=O)c1ccccc1)N1CC2OCCN(Cc3ccccc3)C2C1. The van der Waals surface area contributed by atoms with Crippen LogP contribution < -0.4 is 5.32 Å². The number of fused-ring (bicyclic) bond motifs is 1. The van der Waals surface area contributed by atoms with E-state index in [0.717, 1.165) is 50.2 Å². The van der Waals surface area contributed by atoms with Crippen molar-refractivity contribution < 1.29 is 8.95 Å². The first-order valence-corrected chi connectivity index (χ1v) is 12.4. The van der Waals surface area contributed by atoms with Gasteiger partial charge in [0, 0.05) is 43.4 Å². The molecule has 2 aromatic carbocycles. The molecule has 3 unspecified atom stereocenters. The fourth-order valence-electron chi connectivity index (χ4n) is 4.30. The summed E-state index contributed by atoms with van der Waals surface area (Å²) >= 11 is 0. The van der Waals surface area contributed by atoms with Crippen LogP contribution in [0.4, 0.5) is 0 Å². The lowest BCUT2D eigenvalue weighted by Crippen LogP contribution is -2.50. The third-order valence-electron chi connectivity index (χ3n) is 5.82. The molecule has 0 bridgehead atoms. The highest BCUT2D eigenvalue weighted by molar-refractivity contribution is 7.85. The lowest BCUT2D eigenvalue weighted by atomic mass is 10.1. The van der Waals surface area contributed by atoms with E-state index in [-0.39, 0.29) is 6.10 Å². The quantitative estimate of drug-likeness (QED) is 0.529. The molecule has 3 atom stereocenters. The molecule has 0 saturated carbocycles.